The number of allylic oxidation sites excluding steroid dienone is 4. The monoisotopic (exact) mass is 287 g/mol. The first kappa shape index (κ1) is 15.5. The van der Waals surface area contributed by atoms with Gasteiger partial charge >= 0.3 is 0 Å². The van der Waals surface area contributed by atoms with Gasteiger partial charge in [-0.25, -0.2) is 4.39 Å². The maximum atomic E-state index is 13.0. The van der Waals surface area contributed by atoms with Crippen LogP contribution in [-0.2, 0) is 11.2 Å². The number of carbonyl (C=O) groups is 1. The lowest BCUT2D eigenvalue weighted by molar-refractivity contribution is -0.115. The molecular weight excluding hydrogens is 265 g/mol. The first-order valence-electron chi connectivity index (χ1n) is 7.62. The first-order chi connectivity index (χ1) is 10.2. The van der Waals surface area contributed by atoms with Crippen molar-refractivity contribution in [2.24, 2.45) is 0 Å². The minimum Gasteiger partial charge on any atom is -0.387 e. The molecule has 0 radical (unpaired) electrons. The standard InChI is InChI=1S/C18H22FNO/c1-2-3-12-20-17(16-6-4-5-7-18(16)21)13-14-8-10-15(19)11-9-14/h4,6,8-11,20H,2-3,5,7,12-13H2,1H3/b17-16-. The van der Waals surface area contributed by atoms with Crippen molar-refractivity contribution in [1.29, 1.82) is 0 Å². The number of Topliss-reactive ketones (excluding diaryl/α,β-unsaturated/α-hetero) is 1. The fourth-order valence-electron chi connectivity index (χ4n) is 2.39. The Morgan fingerprint density at radius 3 is 2.71 bits per heavy atom. The molecule has 1 aliphatic rings. The van der Waals surface area contributed by atoms with Crippen molar-refractivity contribution in [2.75, 3.05) is 6.54 Å². The van der Waals surface area contributed by atoms with Crippen molar-refractivity contribution in [3.63, 3.8) is 0 Å². The smallest absolute Gasteiger partial charge is 0.164 e. The van der Waals surface area contributed by atoms with Crippen LogP contribution in [-0.4, -0.2) is 12.3 Å². The third-order valence-corrected chi connectivity index (χ3v) is 3.61. The number of halogens is 1. The molecule has 1 N–H and O–H groups in total. The Hall–Kier alpha value is -1.90. The molecule has 0 saturated heterocycles. The average molecular weight is 287 g/mol. The molecule has 0 heterocycles. The van der Waals surface area contributed by atoms with E-state index in [1.54, 1.807) is 12.1 Å². The molecule has 1 aromatic rings. The molecule has 0 saturated carbocycles. The highest BCUT2D eigenvalue weighted by molar-refractivity contribution is 5.99. The maximum absolute atomic E-state index is 13.0. The maximum Gasteiger partial charge on any atom is 0.164 e. The number of rotatable bonds is 6. The van der Waals surface area contributed by atoms with Gasteiger partial charge in [0.1, 0.15) is 5.82 Å². The van der Waals surface area contributed by atoms with E-state index >= 15 is 0 Å². The summed E-state index contributed by atoms with van der Waals surface area (Å²) in [6.07, 6.45) is 8.17. The van der Waals surface area contributed by atoms with Crippen LogP contribution in [0.3, 0.4) is 0 Å². The summed E-state index contributed by atoms with van der Waals surface area (Å²) in [5.74, 6) is -0.0425. The Bertz CT molecular complexity index is 543. The first-order valence-corrected chi connectivity index (χ1v) is 7.62. The molecule has 2 nitrogen and oxygen atoms in total. The second kappa shape index (κ2) is 7.77. The van der Waals surface area contributed by atoms with E-state index < -0.39 is 0 Å². The Labute approximate surface area is 125 Å². The van der Waals surface area contributed by atoms with Gasteiger partial charge in [0.2, 0.25) is 0 Å². The molecule has 1 aromatic carbocycles. The normalized spacial score (nSPS) is 17.0. The summed E-state index contributed by atoms with van der Waals surface area (Å²) in [5, 5.41) is 3.40. The van der Waals surface area contributed by atoms with Gasteiger partial charge in [-0.3, -0.25) is 4.79 Å². The molecule has 0 unspecified atom stereocenters. The van der Waals surface area contributed by atoms with Gasteiger partial charge < -0.3 is 5.32 Å². The van der Waals surface area contributed by atoms with Crippen LogP contribution in [0.5, 0.6) is 0 Å². The predicted octanol–water partition coefficient (Wildman–Crippen LogP) is 3.93. The fourth-order valence-corrected chi connectivity index (χ4v) is 2.39. The number of nitrogens with one attached hydrogen (secondary N) is 1. The number of hydrogen-bond acceptors (Lipinski definition) is 2. The predicted molar refractivity (Wildman–Crippen MR) is 83.4 cm³/mol. The largest absolute Gasteiger partial charge is 0.387 e. The van der Waals surface area contributed by atoms with Gasteiger partial charge in [0, 0.05) is 30.7 Å². The van der Waals surface area contributed by atoms with Crippen LogP contribution < -0.4 is 5.32 Å². The molecule has 0 atom stereocenters. The van der Waals surface area contributed by atoms with Crippen LogP contribution in [0.2, 0.25) is 0 Å². The van der Waals surface area contributed by atoms with E-state index in [9.17, 15) is 9.18 Å². The van der Waals surface area contributed by atoms with Crippen LogP contribution in [0.4, 0.5) is 4.39 Å². The van der Waals surface area contributed by atoms with Crippen molar-refractivity contribution in [1.82, 2.24) is 5.32 Å². The summed E-state index contributed by atoms with van der Waals surface area (Å²) in [4.78, 5) is 12.1. The van der Waals surface area contributed by atoms with Gasteiger partial charge in [-0.2, -0.15) is 0 Å². The van der Waals surface area contributed by atoms with Crippen LogP contribution in [0.25, 0.3) is 0 Å². The van der Waals surface area contributed by atoms with E-state index in [-0.39, 0.29) is 11.6 Å². The summed E-state index contributed by atoms with van der Waals surface area (Å²) in [7, 11) is 0. The molecule has 3 heteroatoms. The van der Waals surface area contributed by atoms with E-state index in [0.29, 0.717) is 12.8 Å². The van der Waals surface area contributed by atoms with Crippen LogP contribution >= 0.6 is 0 Å². The fraction of sp³-hybridized carbons (Fsp3) is 0.389. The van der Waals surface area contributed by atoms with E-state index in [1.807, 2.05) is 12.2 Å². The molecule has 0 fully saturated rings. The molecule has 21 heavy (non-hydrogen) atoms. The third kappa shape index (κ3) is 4.55. The number of hydrogen-bond donors (Lipinski definition) is 1. The van der Waals surface area contributed by atoms with Gasteiger partial charge in [0.25, 0.3) is 0 Å². The molecule has 112 valence electrons. The number of unbranched alkanes of at least 4 members (excludes halogenated alkanes) is 1. The van der Waals surface area contributed by atoms with Gasteiger partial charge in [0.05, 0.1) is 0 Å². The summed E-state index contributed by atoms with van der Waals surface area (Å²) in [6.45, 7) is 3.00. The number of carbonyl (C=O) groups excluding carboxylic acids is 1. The van der Waals surface area contributed by atoms with Crippen molar-refractivity contribution in [3.8, 4) is 0 Å². The summed E-state index contributed by atoms with van der Waals surface area (Å²) >= 11 is 0. The third-order valence-electron chi connectivity index (χ3n) is 3.61. The zero-order valence-corrected chi connectivity index (χ0v) is 12.5. The number of benzene rings is 1. The second-order valence-corrected chi connectivity index (χ2v) is 5.34. The molecule has 0 spiro atoms. The Morgan fingerprint density at radius 1 is 1.29 bits per heavy atom. The van der Waals surface area contributed by atoms with Crippen LogP contribution in [0.1, 0.15) is 38.2 Å². The van der Waals surface area contributed by atoms with E-state index in [1.165, 1.54) is 12.1 Å². The van der Waals surface area contributed by atoms with E-state index in [0.717, 1.165) is 42.6 Å². The highest BCUT2D eigenvalue weighted by atomic mass is 19.1. The lowest BCUT2D eigenvalue weighted by Crippen LogP contribution is -2.21. The van der Waals surface area contributed by atoms with Crippen molar-refractivity contribution in [3.05, 3.63) is 59.1 Å². The molecular formula is C18H22FNO. The molecule has 0 aliphatic heterocycles. The van der Waals surface area contributed by atoms with Crippen molar-refractivity contribution < 1.29 is 9.18 Å². The lowest BCUT2D eigenvalue weighted by atomic mass is 9.95. The van der Waals surface area contributed by atoms with Crippen molar-refractivity contribution in [2.45, 2.75) is 39.0 Å². The Morgan fingerprint density at radius 2 is 2.05 bits per heavy atom. The molecule has 0 amide bonds. The Balaban J connectivity index is 2.21. The zero-order valence-electron chi connectivity index (χ0n) is 12.5. The average Bonchev–Trinajstić information content (AvgIpc) is 2.49. The molecule has 1 aliphatic carbocycles. The second-order valence-electron chi connectivity index (χ2n) is 5.34. The SMILES string of the molecule is CCCCN/C(Cc1ccc(F)cc1)=C1/C=CCCC1=O. The molecule has 0 bridgehead atoms. The van der Waals surface area contributed by atoms with Gasteiger partial charge in [0.15, 0.2) is 5.78 Å². The topological polar surface area (TPSA) is 29.1 Å². The molecule has 2 rings (SSSR count). The van der Waals surface area contributed by atoms with Crippen molar-refractivity contribution >= 4 is 5.78 Å². The van der Waals surface area contributed by atoms with Gasteiger partial charge in [-0.05, 0) is 30.5 Å². The molecule has 0 aromatic heterocycles. The highest BCUT2D eigenvalue weighted by Gasteiger charge is 2.15. The highest BCUT2D eigenvalue weighted by Crippen LogP contribution is 2.19. The van der Waals surface area contributed by atoms with E-state index in [4.69, 9.17) is 0 Å². The zero-order chi connectivity index (χ0) is 15.1. The van der Waals surface area contributed by atoms with Crippen LogP contribution in [0, 0.1) is 5.82 Å². The Kier molecular flexibility index (Phi) is 5.73. The lowest BCUT2D eigenvalue weighted by Gasteiger charge is -2.17. The summed E-state index contributed by atoms with van der Waals surface area (Å²) in [6, 6.07) is 6.47. The number of ketones is 1. The van der Waals surface area contributed by atoms with E-state index in [2.05, 4.69) is 12.2 Å². The van der Waals surface area contributed by atoms with Gasteiger partial charge in [-0.15, -0.1) is 0 Å². The minimum absolute atomic E-state index is 0.193. The van der Waals surface area contributed by atoms with Crippen LogP contribution in [0.15, 0.2) is 47.7 Å². The van der Waals surface area contributed by atoms with Gasteiger partial charge in [-0.1, -0.05) is 37.6 Å². The summed E-state index contributed by atoms with van der Waals surface area (Å²) < 4.78 is 13.0. The quantitative estimate of drug-likeness (QED) is 0.634. The summed E-state index contributed by atoms with van der Waals surface area (Å²) in [5.41, 5.74) is 2.74. The minimum atomic E-state index is -0.236.